The van der Waals surface area contributed by atoms with Crippen LogP contribution in [0.1, 0.15) is 54.8 Å². The molecule has 1 N–H and O–H groups in total. The average molecular weight is 410 g/mol. The number of benzene rings is 1. The van der Waals surface area contributed by atoms with Crippen LogP contribution >= 0.6 is 11.3 Å². The zero-order valence-electron chi connectivity index (χ0n) is 17.5. The van der Waals surface area contributed by atoms with Gasteiger partial charge in [-0.15, -0.1) is 11.3 Å². The van der Waals surface area contributed by atoms with Gasteiger partial charge < -0.3 is 9.84 Å². The fourth-order valence-corrected chi connectivity index (χ4v) is 6.12. The fourth-order valence-electron chi connectivity index (χ4n) is 4.80. The van der Waals surface area contributed by atoms with Crippen molar-refractivity contribution in [3.8, 4) is 16.9 Å². The van der Waals surface area contributed by atoms with Crippen LogP contribution in [0, 0.1) is 6.92 Å². The molecule has 0 saturated carbocycles. The Hall–Kier alpha value is -2.40. The van der Waals surface area contributed by atoms with Crippen molar-refractivity contribution < 1.29 is 14.6 Å². The lowest BCUT2D eigenvalue weighted by molar-refractivity contribution is -0.143. The Kier molecular flexibility index (Phi) is 5.11. The molecule has 4 nitrogen and oxygen atoms in total. The van der Waals surface area contributed by atoms with Crippen LogP contribution in [0.4, 0.5) is 0 Å². The van der Waals surface area contributed by atoms with E-state index < -0.39 is 11.4 Å². The van der Waals surface area contributed by atoms with Gasteiger partial charge in [-0.3, -0.25) is 4.79 Å². The second kappa shape index (κ2) is 7.45. The number of nitrogens with zero attached hydrogens (tertiary/aromatic N) is 1. The van der Waals surface area contributed by atoms with Crippen molar-refractivity contribution in [2.75, 3.05) is 7.11 Å². The van der Waals surface area contributed by atoms with E-state index in [1.54, 1.807) is 18.4 Å². The van der Waals surface area contributed by atoms with Crippen LogP contribution in [0.2, 0.25) is 0 Å². The normalized spacial score (nSPS) is 15.3. The Morgan fingerprint density at radius 2 is 2.00 bits per heavy atom. The molecule has 5 heteroatoms. The van der Waals surface area contributed by atoms with E-state index in [-0.39, 0.29) is 0 Å². The van der Waals surface area contributed by atoms with Gasteiger partial charge in [-0.25, -0.2) is 4.98 Å². The molecular weight excluding hydrogens is 382 g/mol. The van der Waals surface area contributed by atoms with E-state index in [4.69, 9.17) is 9.72 Å². The zero-order valence-corrected chi connectivity index (χ0v) is 18.3. The van der Waals surface area contributed by atoms with Crippen LogP contribution in [0.5, 0.6) is 5.75 Å². The molecular formula is C24H27NO3S. The monoisotopic (exact) mass is 409 g/mol. The number of fused-ring (bicyclic) bond motifs is 3. The van der Waals surface area contributed by atoms with Crippen LogP contribution in [0.25, 0.3) is 21.3 Å². The van der Waals surface area contributed by atoms with Gasteiger partial charge in [0.25, 0.3) is 0 Å². The van der Waals surface area contributed by atoms with E-state index in [0.717, 1.165) is 64.0 Å². The van der Waals surface area contributed by atoms with Gasteiger partial charge in [-0.1, -0.05) is 25.5 Å². The lowest BCUT2D eigenvalue weighted by Gasteiger charge is -2.29. The maximum atomic E-state index is 12.5. The lowest BCUT2D eigenvalue weighted by atomic mass is 9.73. The van der Waals surface area contributed by atoms with Crippen molar-refractivity contribution in [1.29, 1.82) is 0 Å². The molecule has 0 amide bonds. The van der Waals surface area contributed by atoms with Crippen LogP contribution in [0.3, 0.4) is 0 Å². The third-order valence-corrected chi connectivity index (χ3v) is 7.37. The summed E-state index contributed by atoms with van der Waals surface area (Å²) in [7, 11) is 1.66. The van der Waals surface area contributed by atoms with Gasteiger partial charge in [0.1, 0.15) is 10.6 Å². The largest absolute Gasteiger partial charge is 0.497 e. The van der Waals surface area contributed by atoms with E-state index in [1.165, 1.54) is 10.4 Å². The molecule has 0 fully saturated rings. The Balaban J connectivity index is 2.11. The SMILES string of the molecule is CCCC(C)(C(=O)O)c1c(C)nc2sc3c(c2c1-c1ccc(OC)cc1)CCC3. The summed E-state index contributed by atoms with van der Waals surface area (Å²) >= 11 is 1.77. The number of hydrogen-bond acceptors (Lipinski definition) is 4. The molecule has 2 heterocycles. The number of aliphatic carboxylic acids is 1. The van der Waals surface area contributed by atoms with Gasteiger partial charge in [-0.05, 0) is 73.9 Å². The molecule has 1 aliphatic rings. The van der Waals surface area contributed by atoms with E-state index >= 15 is 0 Å². The number of pyridine rings is 1. The first-order chi connectivity index (χ1) is 13.9. The summed E-state index contributed by atoms with van der Waals surface area (Å²) in [4.78, 5) is 19.9. The van der Waals surface area contributed by atoms with E-state index in [2.05, 4.69) is 0 Å². The number of carboxylic acid groups (broad SMARTS) is 1. The van der Waals surface area contributed by atoms with Crippen LogP contribution in [-0.2, 0) is 23.1 Å². The zero-order chi connectivity index (χ0) is 20.8. The Labute approximate surface area is 175 Å². The van der Waals surface area contributed by atoms with E-state index in [9.17, 15) is 9.90 Å². The molecule has 0 aliphatic heterocycles. The van der Waals surface area contributed by atoms with E-state index in [1.807, 2.05) is 45.0 Å². The number of hydrogen-bond donors (Lipinski definition) is 1. The highest BCUT2D eigenvalue weighted by molar-refractivity contribution is 7.19. The highest BCUT2D eigenvalue weighted by Gasteiger charge is 2.40. The van der Waals surface area contributed by atoms with Crippen molar-refractivity contribution in [3.63, 3.8) is 0 Å². The average Bonchev–Trinajstić information content (AvgIpc) is 3.28. The molecule has 0 bridgehead atoms. The first-order valence-electron chi connectivity index (χ1n) is 10.2. The summed E-state index contributed by atoms with van der Waals surface area (Å²) < 4.78 is 5.35. The van der Waals surface area contributed by atoms with Crippen molar-refractivity contribution >= 4 is 27.5 Å². The molecule has 0 saturated heterocycles. The van der Waals surface area contributed by atoms with Crippen LogP contribution in [0.15, 0.2) is 24.3 Å². The minimum absolute atomic E-state index is 0.575. The molecule has 29 heavy (non-hydrogen) atoms. The second-order valence-electron chi connectivity index (χ2n) is 8.10. The van der Waals surface area contributed by atoms with Gasteiger partial charge in [0.05, 0.1) is 12.5 Å². The Morgan fingerprint density at radius 1 is 1.28 bits per heavy atom. The quantitative estimate of drug-likeness (QED) is 0.550. The van der Waals surface area contributed by atoms with Gasteiger partial charge in [0, 0.05) is 16.0 Å². The maximum absolute atomic E-state index is 12.5. The second-order valence-corrected chi connectivity index (χ2v) is 9.18. The Bertz CT molecular complexity index is 1080. The Morgan fingerprint density at radius 3 is 2.62 bits per heavy atom. The van der Waals surface area contributed by atoms with Crippen molar-refractivity contribution in [1.82, 2.24) is 4.98 Å². The summed E-state index contributed by atoms with van der Waals surface area (Å²) in [5, 5.41) is 11.4. The number of ether oxygens (including phenoxy) is 1. The summed E-state index contributed by atoms with van der Waals surface area (Å²) in [5.74, 6) is 0.00709. The minimum atomic E-state index is -0.983. The minimum Gasteiger partial charge on any atom is -0.497 e. The smallest absolute Gasteiger partial charge is 0.313 e. The first-order valence-corrected chi connectivity index (χ1v) is 11.1. The number of carbonyl (C=O) groups is 1. The molecule has 1 unspecified atom stereocenters. The highest BCUT2D eigenvalue weighted by atomic mass is 32.1. The van der Waals surface area contributed by atoms with Crippen molar-refractivity contribution in [3.05, 3.63) is 46.0 Å². The van der Waals surface area contributed by atoms with Gasteiger partial charge >= 0.3 is 5.97 Å². The van der Waals surface area contributed by atoms with Crippen molar-refractivity contribution in [2.45, 2.75) is 58.3 Å². The number of aryl methyl sites for hydroxylation is 3. The molecule has 1 aromatic carbocycles. The molecule has 2 aromatic heterocycles. The first kappa shape index (κ1) is 19.9. The predicted octanol–water partition coefficient (Wildman–Crippen LogP) is 5.91. The summed E-state index contributed by atoms with van der Waals surface area (Å²) in [5.41, 5.74) is 4.15. The standard InChI is InChI=1S/C24H27NO3S/c1-5-13-24(3,23(26)27)21-14(2)25-22-20(17-7-6-8-18(17)29-22)19(21)15-9-11-16(28-4)12-10-15/h9-12H,5-8,13H2,1-4H3,(H,26,27). The fraction of sp³-hybridized carbons (Fsp3) is 0.417. The third-order valence-electron chi connectivity index (χ3n) is 6.19. The van der Waals surface area contributed by atoms with Crippen molar-refractivity contribution in [2.24, 2.45) is 0 Å². The molecule has 1 atom stereocenters. The number of aromatic nitrogens is 1. The highest BCUT2D eigenvalue weighted by Crippen LogP contribution is 2.47. The predicted molar refractivity (Wildman–Crippen MR) is 118 cm³/mol. The topological polar surface area (TPSA) is 59.4 Å². The number of methoxy groups -OCH3 is 1. The summed E-state index contributed by atoms with van der Waals surface area (Å²) in [6.45, 7) is 5.86. The third kappa shape index (κ3) is 3.12. The summed E-state index contributed by atoms with van der Waals surface area (Å²) in [6, 6.07) is 7.99. The van der Waals surface area contributed by atoms with E-state index in [0.29, 0.717) is 6.42 Å². The van der Waals surface area contributed by atoms with Gasteiger partial charge in [0.2, 0.25) is 0 Å². The van der Waals surface area contributed by atoms with Gasteiger partial charge in [-0.2, -0.15) is 0 Å². The summed E-state index contributed by atoms with van der Waals surface area (Å²) in [6.07, 6.45) is 4.67. The number of rotatable bonds is 6. The number of carboxylic acids is 1. The number of thiophene rings is 1. The molecule has 0 spiro atoms. The van der Waals surface area contributed by atoms with Gasteiger partial charge in [0.15, 0.2) is 0 Å². The lowest BCUT2D eigenvalue weighted by Crippen LogP contribution is -2.34. The molecule has 3 aromatic rings. The molecule has 1 aliphatic carbocycles. The maximum Gasteiger partial charge on any atom is 0.313 e. The van der Waals surface area contributed by atoms with Crippen LogP contribution in [-0.4, -0.2) is 23.2 Å². The molecule has 4 rings (SSSR count). The molecule has 0 radical (unpaired) electrons. The molecule has 152 valence electrons. The van der Waals surface area contributed by atoms with Crippen LogP contribution < -0.4 is 4.74 Å².